The number of nitrogens with zero attached hydrogens (tertiary/aromatic N) is 1. The highest BCUT2D eigenvalue weighted by Gasteiger charge is 2.27. The highest BCUT2D eigenvalue weighted by molar-refractivity contribution is 7.99. The fraction of sp³-hybridized carbons (Fsp3) is 0.556. The molecule has 0 aliphatic carbocycles. The van der Waals surface area contributed by atoms with E-state index in [0.717, 1.165) is 24.0 Å². The van der Waals surface area contributed by atoms with Crippen LogP contribution in [-0.4, -0.2) is 47.5 Å². The van der Waals surface area contributed by atoms with Crippen molar-refractivity contribution in [1.82, 2.24) is 4.90 Å². The summed E-state index contributed by atoms with van der Waals surface area (Å²) in [6.45, 7) is 6.91. The molecule has 0 saturated carbocycles. The first kappa shape index (κ1) is 20.8. The second-order valence-electron chi connectivity index (χ2n) is 6.41. The van der Waals surface area contributed by atoms with Crippen molar-refractivity contribution in [2.75, 3.05) is 24.7 Å². The molecule has 0 radical (unpaired) electrons. The monoisotopic (exact) mass is 371 g/mol. The molecule has 0 N–H and O–H groups in total. The zero-order valence-corrected chi connectivity index (χ0v) is 16.2. The van der Waals surface area contributed by atoms with E-state index in [0.29, 0.717) is 30.3 Å². The van der Waals surface area contributed by atoms with E-state index in [1.54, 1.807) is 16.7 Å². The van der Waals surface area contributed by atoms with Crippen LogP contribution in [-0.2, 0) is 16.0 Å². The molecule has 1 amide bonds. The van der Waals surface area contributed by atoms with Gasteiger partial charge in [0, 0.05) is 29.3 Å². The Balaban J connectivity index is 2.44. The lowest BCUT2D eigenvalue weighted by Gasteiger charge is -2.34. The van der Waals surface area contributed by atoms with Gasteiger partial charge in [0.2, 0.25) is 0 Å². The molecule has 0 aliphatic rings. The SMILES string of the molecule is CC(C)(C)N(CCCSCC=O)C(=O)OCCc1cccc(Cl)c1. The minimum atomic E-state index is -0.303. The average molecular weight is 372 g/mol. The fourth-order valence-electron chi connectivity index (χ4n) is 2.18. The van der Waals surface area contributed by atoms with Crippen LogP contribution in [0.3, 0.4) is 0 Å². The number of halogens is 1. The summed E-state index contributed by atoms with van der Waals surface area (Å²) in [6, 6.07) is 7.55. The minimum Gasteiger partial charge on any atom is -0.449 e. The van der Waals surface area contributed by atoms with Gasteiger partial charge in [-0.3, -0.25) is 0 Å². The van der Waals surface area contributed by atoms with E-state index in [1.807, 2.05) is 45.0 Å². The molecule has 1 aromatic rings. The summed E-state index contributed by atoms with van der Waals surface area (Å²) in [5.74, 6) is 1.35. The average Bonchev–Trinajstić information content (AvgIpc) is 2.49. The molecule has 1 aromatic carbocycles. The Morgan fingerprint density at radius 3 is 2.75 bits per heavy atom. The second kappa shape index (κ2) is 10.6. The zero-order valence-electron chi connectivity index (χ0n) is 14.6. The molecule has 0 bridgehead atoms. The number of hydrogen-bond acceptors (Lipinski definition) is 4. The molecule has 0 unspecified atom stereocenters. The summed E-state index contributed by atoms with van der Waals surface area (Å²) < 4.78 is 5.43. The van der Waals surface area contributed by atoms with Crippen LogP contribution in [0, 0.1) is 0 Å². The number of aldehydes is 1. The second-order valence-corrected chi connectivity index (χ2v) is 8.00. The number of carbonyl (C=O) groups is 2. The van der Waals surface area contributed by atoms with Gasteiger partial charge in [-0.25, -0.2) is 4.79 Å². The predicted molar refractivity (Wildman–Crippen MR) is 101 cm³/mol. The van der Waals surface area contributed by atoms with Crippen LogP contribution in [0.4, 0.5) is 4.79 Å². The van der Waals surface area contributed by atoms with Gasteiger partial charge >= 0.3 is 6.09 Å². The van der Waals surface area contributed by atoms with Crippen molar-refractivity contribution in [3.05, 3.63) is 34.9 Å². The Hall–Kier alpha value is -1.20. The minimum absolute atomic E-state index is 0.301. The summed E-state index contributed by atoms with van der Waals surface area (Å²) in [5, 5.41) is 0.683. The fourth-order valence-corrected chi connectivity index (χ4v) is 2.99. The van der Waals surface area contributed by atoms with Crippen molar-refractivity contribution in [1.29, 1.82) is 0 Å². The van der Waals surface area contributed by atoms with Crippen LogP contribution in [0.2, 0.25) is 5.02 Å². The Kier molecular flexibility index (Phi) is 9.22. The summed E-state index contributed by atoms with van der Waals surface area (Å²) in [4.78, 5) is 24.4. The quantitative estimate of drug-likeness (QED) is 0.475. The molecule has 4 nitrogen and oxygen atoms in total. The molecule has 24 heavy (non-hydrogen) atoms. The first-order valence-electron chi connectivity index (χ1n) is 8.05. The van der Waals surface area contributed by atoms with E-state index in [4.69, 9.17) is 16.3 Å². The molecule has 0 aliphatic heterocycles. The molecule has 0 fully saturated rings. The molecule has 0 spiro atoms. The van der Waals surface area contributed by atoms with Crippen molar-refractivity contribution in [3.8, 4) is 0 Å². The zero-order chi connectivity index (χ0) is 18.0. The van der Waals surface area contributed by atoms with Crippen LogP contribution in [0.5, 0.6) is 0 Å². The molecule has 0 aromatic heterocycles. The van der Waals surface area contributed by atoms with Gasteiger partial charge in [0.1, 0.15) is 6.29 Å². The topological polar surface area (TPSA) is 46.6 Å². The lowest BCUT2D eigenvalue weighted by molar-refractivity contribution is -0.105. The lowest BCUT2D eigenvalue weighted by atomic mass is 10.1. The smallest absolute Gasteiger partial charge is 0.410 e. The Labute approximate surface area is 153 Å². The van der Waals surface area contributed by atoms with Crippen LogP contribution >= 0.6 is 23.4 Å². The van der Waals surface area contributed by atoms with Gasteiger partial charge in [0.05, 0.1) is 6.61 Å². The number of hydrogen-bond donors (Lipinski definition) is 0. The van der Waals surface area contributed by atoms with Gasteiger partial charge < -0.3 is 14.4 Å². The third-order valence-electron chi connectivity index (χ3n) is 3.39. The van der Waals surface area contributed by atoms with E-state index < -0.39 is 0 Å². The van der Waals surface area contributed by atoms with Crippen molar-refractivity contribution in [2.24, 2.45) is 0 Å². The standard InChI is InChI=1S/C18H26ClNO3S/c1-18(2,3)20(9-5-12-24-13-10-21)17(22)23-11-8-15-6-4-7-16(19)14-15/h4,6-7,10,14H,5,8-9,11-13H2,1-3H3. The van der Waals surface area contributed by atoms with Crippen LogP contribution < -0.4 is 0 Å². The molecular formula is C18H26ClNO3S. The predicted octanol–water partition coefficient (Wildman–Crippen LogP) is 4.44. The van der Waals surface area contributed by atoms with Crippen LogP contribution in [0.15, 0.2) is 24.3 Å². The molecule has 0 saturated heterocycles. The molecule has 0 heterocycles. The Morgan fingerprint density at radius 2 is 2.12 bits per heavy atom. The maximum atomic E-state index is 12.4. The normalized spacial score (nSPS) is 11.2. The van der Waals surface area contributed by atoms with E-state index in [1.165, 1.54) is 0 Å². The van der Waals surface area contributed by atoms with E-state index in [-0.39, 0.29) is 11.6 Å². The van der Waals surface area contributed by atoms with E-state index in [9.17, 15) is 9.59 Å². The van der Waals surface area contributed by atoms with Crippen molar-refractivity contribution < 1.29 is 14.3 Å². The van der Waals surface area contributed by atoms with Crippen LogP contribution in [0.1, 0.15) is 32.8 Å². The molecular weight excluding hydrogens is 346 g/mol. The number of carbonyl (C=O) groups excluding carboxylic acids is 2. The van der Waals surface area contributed by atoms with Gasteiger partial charge in [0.15, 0.2) is 0 Å². The van der Waals surface area contributed by atoms with Gasteiger partial charge in [0.25, 0.3) is 0 Å². The van der Waals surface area contributed by atoms with Gasteiger partial charge in [-0.05, 0) is 50.6 Å². The third kappa shape index (κ3) is 8.06. The first-order chi connectivity index (χ1) is 11.3. The maximum absolute atomic E-state index is 12.4. The van der Waals surface area contributed by atoms with Gasteiger partial charge in [-0.15, -0.1) is 0 Å². The number of thioether (sulfide) groups is 1. The summed E-state index contributed by atoms with van der Waals surface area (Å²) in [7, 11) is 0. The Morgan fingerprint density at radius 1 is 1.38 bits per heavy atom. The number of benzene rings is 1. The molecule has 134 valence electrons. The lowest BCUT2D eigenvalue weighted by Crippen LogP contribution is -2.46. The summed E-state index contributed by atoms with van der Waals surface area (Å²) in [5.41, 5.74) is 0.741. The largest absolute Gasteiger partial charge is 0.449 e. The number of amides is 1. The number of rotatable bonds is 9. The Bertz CT molecular complexity index is 531. The first-order valence-corrected chi connectivity index (χ1v) is 9.58. The summed E-state index contributed by atoms with van der Waals surface area (Å²) in [6.07, 6.45) is 2.07. The molecule has 0 atom stereocenters. The van der Waals surface area contributed by atoms with Crippen molar-refractivity contribution in [2.45, 2.75) is 39.2 Å². The van der Waals surface area contributed by atoms with Gasteiger partial charge in [-0.1, -0.05) is 23.7 Å². The maximum Gasteiger partial charge on any atom is 0.410 e. The van der Waals surface area contributed by atoms with Gasteiger partial charge in [-0.2, -0.15) is 11.8 Å². The van der Waals surface area contributed by atoms with Crippen molar-refractivity contribution >= 4 is 35.7 Å². The van der Waals surface area contributed by atoms with E-state index in [2.05, 4.69) is 0 Å². The molecule has 1 rings (SSSR count). The van der Waals surface area contributed by atoms with E-state index >= 15 is 0 Å². The summed E-state index contributed by atoms with van der Waals surface area (Å²) >= 11 is 7.52. The highest BCUT2D eigenvalue weighted by Crippen LogP contribution is 2.17. The van der Waals surface area contributed by atoms with Crippen molar-refractivity contribution in [3.63, 3.8) is 0 Å². The third-order valence-corrected chi connectivity index (χ3v) is 4.58. The highest BCUT2D eigenvalue weighted by atomic mass is 35.5. The number of ether oxygens (including phenoxy) is 1. The van der Waals surface area contributed by atoms with Crippen LogP contribution in [0.25, 0.3) is 0 Å². The molecule has 6 heteroatoms.